The Bertz CT molecular complexity index is 738. The maximum Gasteiger partial charge on any atom is 0.293 e. The number of rotatable bonds is 5. The molecule has 5 N–H and O–H groups in total. The number of carbonyl (C=O) groups is 1. The van der Waals surface area contributed by atoms with Crippen molar-refractivity contribution in [3.8, 4) is 0 Å². The zero-order valence-corrected chi connectivity index (χ0v) is 11.9. The van der Waals surface area contributed by atoms with E-state index in [-0.39, 0.29) is 17.5 Å². The number of carbonyl (C=O) groups excluding carboxylic acids is 1. The van der Waals surface area contributed by atoms with Gasteiger partial charge in [-0.25, -0.2) is 8.42 Å². The second-order valence-corrected chi connectivity index (χ2v) is 6.09. The number of anilines is 3. The maximum atomic E-state index is 11.8. The number of aromatic nitrogens is 3. The topological polar surface area (TPSA) is 143 Å². The van der Waals surface area contributed by atoms with Crippen molar-refractivity contribution in [2.45, 2.75) is 6.92 Å². The molecular formula is C11H14N6O3S. The van der Waals surface area contributed by atoms with Crippen LogP contribution >= 0.6 is 0 Å². The van der Waals surface area contributed by atoms with Crippen molar-refractivity contribution in [1.29, 1.82) is 0 Å². The van der Waals surface area contributed by atoms with Crippen LogP contribution in [0.25, 0.3) is 0 Å². The van der Waals surface area contributed by atoms with Crippen LogP contribution < -0.4 is 15.8 Å². The zero-order valence-electron chi connectivity index (χ0n) is 11.1. The van der Waals surface area contributed by atoms with Gasteiger partial charge in [-0.2, -0.15) is 4.98 Å². The molecule has 21 heavy (non-hydrogen) atoms. The highest BCUT2D eigenvalue weighted by Crippen LogP contribution is 2.15. The summed E-state index contributed by atoms with van der Waals surface area (Å²) in [6.45, 7) is 1.54. The molecule has 0 aliphatic carbocycles. The van der Waals surface area contributed by atoms with Crippen molar-refractivity contribution in [1.82, 2.24) is 15.2 Å². The van der Waals surface area contributed by atoms with Crippen molar-refractivity contribution in [2.24, 2.45) is 0 Å². The minimum Gasteiger partial charge on any atom is -0.366 e. The van der Waals surface area contributed by atoms with Gasteiger partial charge in [0.1, 0.15) is 0 Å². The number of amides is 1. The molecule has 0 radical (unpaired) electrons. The Balaban J connectivity index is 2.04. The number of nitrogens with one attached hydrogen (secondary N) is 3. The standard InChI is InChI=1S/C11H14N6O3S/c1-2-21(19,20)17-8-5-3-7(4-6-8)13-10(18)9-14-11(12)16-15-9/h3-6,17H,2H2,1H3,(H,13,18)(H3,12,14,15,16). The van der Waals surface area contributed by atoms with Crippen molar-refractivity contribution < 1.29 is 13.2 Å². The first-order valence-corrected chi connectivity index (χ1v) is 7.64. The number of sulfonamides is 1. The summed E-state index contributed by atoms with van der Waals surface area (Å²) >= 11 is 0. The SMILES string of the molecule is CCS(=O)(=O)Nc1ccc(NC(=O)c2nc(N)n[nH]2)cc1. The van der Waals surface area contributed by atoms with E-state index in [1.165, 1.54) is 12.1 Å². The van der Waals surface area contributed by atoms with Crippen LogP contribution in [0.1, 0.15) is 17.5 Å². The summed E-state index contributed by atoms with van der Waals surface area (Å²) in [5.74, 6) is -0.549. The normalized spacial score (nSPS) is 11.1. The van der Waals surface area contributed by atoms with Crippen LogP contribution in [-0.4, -0.2) is 35.3 Å². The lowest BCUT2D eigenvalue weighted by atomic mass is 10.3. The van der Waals surface area contributed by atoms with Gasteiger partial charge in [0, 0.05) is 11.4 Å². The molecule has 112 valence electrons. The zero-order chi connectivity index (χ0) is 15.5. The lowest BCUT2D eigenvalue weighted by Crippen LogP contribution is -2.15. The van der Waals surface area contributed by atoms with Crippen LogP contribution in [-0.2, 0) is 10.0 Å². The van der Waals surface area contributed by atoms with E-state index in [0.29, 0.717) is 11.4 Å². The molecule has 1 aromatic heterocycles. The molecule has 0 spiro atoms. The minimum atomic E-state index is -3.32. The molecular weight excluding hydrogens is 296 g/mol. The average molecular weight is 310 g/mol. The second-order valence-electron chi connectivity index (χ2n) is 4.08. The summed E-state index contributed by atoms with van der Waals surface area (Å²) in [7, 11) is -3.32. The number of benzene rings is 1. The van der Waals surface area contributed by atoms with Crippen LogP contribution in [0.2, 0.25) is 0 Å². The molecule has 0 saturated carbocycles. The maximum absolute atomic E-state index is 11.8. The van der Waals surface area contributed by atoms with Gasteiger partial charge in [0.15, 0.2) is 0 Å². The molecule has 9 nitrogen and oxygen atoms in total. The fourth-order valence-electron chi connectivity index (χ4n) is 1.44. The molecule has 0 fully saturated rings. The Morgan fingerprint density at radius 1 is 1.29 bits per heavy atom. The summed E-state index contributed by atoms with van der Waals surface area (Å²) in [6, 6.07) is 6.20. The van der Waals surface area contributed by atoms with E-state index >= 15 is 0 Å². The molecule has 0 atom stereocenters. The van der Waals surface area contributed by atoms with Gasteiger partial charge in [-0.3, -0.25) is 14.6 Å². The number of nitrogen functional groups attached to an aromatic ring is 1. The summed E-state index contributed by atoms with van der Waals surface area (Å²) in [4.78, 5) is 15.5. The first-order valence-electron chi connectivity index (χ1n) is 5.99. The van der Waals surface area contributed by atoms with E-state index < -0.39 is 15.9 Å². The molecule has 1 amide bonds. The van der Waals surface area contributed by atoms with Gasteiger partial charge in [-0.1, -0.05) is 0 Å². The van der Waals surface area contributed by atoms with Crippen LogP contribution in [0.4, 0.5) is 17.3 Å². The molecule has 10 heteroatoms. The van der Waals surface area contributed by atoms with E-state index in [0.717, 1.165) is 0 Å². The fourth-order valence-corrected chi connectivity index (χ4v) is 2.08. The van der Waals surface area contributed by atoms with Gasteiger partial charge < -0.3 is 11.1 Å². The molecule has 2 rings (SSSR count). The number of nitrogens with two attached hydrogens (primary N) is 1. The van der Waals surface area contributed by atoms with Gasteiger partial charge in [-0.15, -0.1) is 5.10 Å². The van der Waals surface area contributed by atoms with E-state index in [4.69, 9.17) is 5.73 Å². The first kappa shape index (κ1) is 14.8. The number of hydrogen-bond acceptors (Lipinski definition) is 6. The fraction of sp³-hybridized carbons (Fsp3) is 0.182. The predicted octanol–water partition coefficient (Wildman–Crippen LogP) is 0.401. The molecule has 0 unspecified atom stereocenters. The summed E-state index contributed by atoms with van der Waals surface area (Å²) in [6.07, 6.45) is 0. The molecule has 0 aliphatic heterocycles. The highest BCUT2D eigenvalue weighted by molar-refractivity contribution is 7.92. The van der Waals surface area contributed by atoms with Crippen LogP contribution in [0.3, 0.4) is 0 Å². The molecule has 0 aliphatic rings. The smallest absolute Gasteiger partial charge is 0.293 e. The first-order chi connectivity index (χ1) is 9.89. The third-order valence-electron chi connectivity index (χ3n) is 2.51. The van der Waals surface area contributed by atoms with Crippen molar-refractivity contribution >= 4 is 33.3 Å². The van der Waals surface area contributed by atoms with Gasteiger partial charge >= 0.3 is 0 Å². The van der Waals surface area contributed by atoms with Crippen molar-refractivity contribution in [2.75, 3.05) is 21.5 Å². The van der Waals surface area contributed by atoms with Gasteiger partial charge in [0.2, 0.25) is 21.8 Å². The van der Waals surface area contributed by atoms with E-state index in [1.54, 1.807) is 19.1 Å². The van der Waals surface area contributed by atoms with Crippen LogP contribution in [0, 0.1) is 0 Å². The van der Waals surface area contributed by atoms with E-state index in [1.807, 2.05) is 0 Å². The van der Waals surface area contributed by atoms with Gasteiger partial charge in [0.05, 0.1) is 5.75 Å². The van der Waals surface area contributed by atoms with E-state index in [2.05, 4.69) is 25.2 Å². The number of H-pyrrole nitrogens is 1. The van der Waals surface area contributed by atoms with E-state index in [9.17, 15) is 13.2 Å². The number of nitrogens with zero attached hydrogens (tertiary/aromatic N) is 2. The molecule has 0 saturated heterocycles. The number of hydrogen-bond donors (Lipinski definition) is 4. The van der Waals surface area contributed by atoms with Crippen molar-refractivity contribution in [3.63, 3.8) is 0 Å². The largest absolute Gasteiger partial charge is 0.366 e. The summed E-state index contributed by atoms with van der Waals surface area (Å²) in [5.41, 5.74) is 6.20. The molecule has 1 aromatic carbocycles. The quantitative estimate of drug-likeness (QED) is 0.629. The second kappa shape index (κ2) is 5.79. The lowest BCUT2D eigenvalue weighted by molar-refractivity contribution is 0.101. The minimum absolute atomic E-state index is 0.0109. The Labute approximate surface area is 121 Å². The predicted molar refractivity (Wildman–Crippen MR) is 78.3 cm³/mol. The van der Waals surface area contributed by atoms with Crippen LogP contribution in [0.15, 0.2) is 24.3 Å². The molecule has 2 aromatic rings. The highest BCUT2D eigenvalue weighted by atomic mass is 32.2. The molecule has 1 heterocycles. The Morgan fingerprint density at radius 3 is 2.43 bits per heavy atom. The Kier molecular flexibility index (Phi) is 4.08. The summed E-state index contributed by atoms with van der Waals surface area (Å²) < 4.78 is 25.2. The van der Waals surface area contributed by atoms with Gasteiger partial charge in [0.25, 0.3) is 5.91 Å². The summed E-state index contributed by atoms with van der Waals surface area (Å²) in [5, 5.41) is 8.50. The monoisotopic (exact) mass is 310 g/mol. The van der Waals surface area contributed by atoms with Gasteiger partial charge in [-0.05, 0) is 31.2 Å². The lowest BCUT2D eigenvalue weighted by Gasteiger charge is -2.07. The Hall–Kier alpha value is -2.62. The van der Waals surface area contributed by atoms with Crippen LogP contribution in [0.5, 0.6) is 0 Å². The molecule has 0 bridgehead atoms. The highest BCUT2D eigenvalue weighted by Gasteiger charge is 2.11. The average Bonchev–Trinajstić information content (AvgIpc) is 2.87. The third kappa shape index (κ3) is 3.92. The Morgan fingerprint density at radius 2 is 1.90 bits per heavy atom. The number of aromatic amines is 1. The third-order valence-corrected chi connectivity index (χ3v) is 3.82. The van der Waals surface area contributed by atoms with Crippen molar-refractivity contribution in [3.05, 3.63) is 30.1 Å².